The van der Waals surface area contributed by atoms with Gasteiger partial charge in [0.15, 0.2) is 0 Å². The van der Waals surface area contributed by atoms with Gasteiger partial charge in [0.05, 0.1) is 5.71 Å². The molecule has 0 saturated carbocycles. The third-order valence-corrected chi connectivity index (χ3v) is 2.46. The van der Waals surface area contributed by atoms with Gasteiger partial charge in [-0.1, -0.05) is 28.9 Å². The number of nitrogens with zero attached hydrogens (tertiary/aromatic N) is 1. The minimum Gasteiger partial charge on any atom is -0.382 e. The van der Waals surface area contributed by atoms with Crippen LogP contribution in [0.5, 0.6) is 0 Å². The average Bonchev–Trinajstić information content (AvgIpc) is 2.77. The van der Waals surface area contributed by atoms with Gasteiger partial charge in [-0.2, -0.15) is 0 Å². The molecular formula is C10H9ClN2O3. The SMILES string of the molecule is O=C(NO)C1CC(c2cccc(Cl)c2)=NO1. The molecule has 1 amide bonds. The van der Waals surface area contributed by atoms with Crippen molar-refractivity contribution in [3.05, 3.63) is 34.9 Å². The van der Waals surface area contributed by atoms with Crippen molar-refractivity contribution in [2.24, 2.45) is 5.16 Å². The third kappa shape index (κ3) is 2.15. The summed E-state index contributed by atoms with van der Waals surface area (Å²) in [4.78, 5) is 16.0. The Morgan fingerprint density at radius 3 is 3.12 bits per heavy atom. The Bertz CT molecular complexity index is 447. The highest BCUT2D eigenvalue weighted by Crippen LogP contribution is 2.19. The second-order valence-corrected chi connectivity index (χ2v) is 3.76. The lowest BCUT2D eigenvalue weighted by molar-refractivity contribution is -0.139. The molecule has 1 aliphatic rings. The van der Waals surface area contributed by atoms with Crippen molar-refractivity contribution in [1.29, 1.82) is 0 Å². The fourth-order valence-electron chi connectivity index (χ4n) is 1.43. The Balaban J connectivity index is 2.12. The van der Waals surface area contributed by atoms with Crippen LogP contribution >= 0.6 is 11.6 Å². The van der Waals surface area contributed by atoms with E-state index in [9.17, 15) is 4.79 Å². The molecule has 0 fully saturated rings. The number of oxime groups is 1. The van der Waals surface area contributed by atoms with Gasteiger partial charge in [-0.25, -0.2) is 5.48 Å². The van der Waals surface area contributed by atoms with Crippen LogP contribution in [-0.2, 0) is 9.63 Å². The van der Waals surface area contributed by atoms with Gasteiger partial charge in [0.2, 0.25) is 6.10 Å². The standard InChI is InChI=1S/C10H9ClN2O3/c11-7-3-1-2-6(4-7)8-5-9(16-13-8)10(14)12-15/h1-4,9,15H,5H2,(H,12,14). The Morgan fingerprint density at radius 1 is 1.62 bits per heavy atom. The number of halogens is 1. The van der Waals surface area contributed by atoms with E-state index in [1.165, 1.54) is 5.48 Å². The molecule has 84 valence electrons. The maximum Gasteiger partial charge on any atom is 0.287 e. The van der Waals surface area contributed by atoms with Crippen molar-refractivity contribution >= 4 is 23.2 Å². The number of benzene rings is 1. The van der Waals surface area contributed by atoms with Gasteiger partial charge in [-0.15, -0.1) is 0 Å². The topological polar surface area (TPSA) is 70.9 Å². The first-order valence-corrected chi connectivity index (χ1v) is 5.01. The van der Waals surface area contributed by atoms with Gasteiger partial charge < -0.3 is 4.84 Å². The minimum absolute atomic E-state index is 0.312. The van der Waals surface area contributed by atoms with E-state index in [2.05, 4.69) is 5.16 Å². The Labute approximate surface area is 96.6 Å². The molecule has 0 aliphatic carbocycles. The summed E-state index contributed by atoms with van der Waals surface area (Å²) >= 11 is 5.83. The lowest BCUT2D eigenvalue weighted by atomic mass is 10.1. The maximum atomic E-state index is 11.1. The minimum atomic E-state index is -0.779. The van der Waals surface area contributed by atoms with E-state index in [-0.39, 0.29) is 0 Å². The predicted octanol–water partition coefficient (Wildman–Crippen LogP) is 1.34. The number of carbonyl (C=O) groups excluding carboxylic acids is 1. The zero-order valence-electron chi connectivity index (χ0n) is 8.18. The fourth-order valence-corrected chi connectivity index (χ4v) is 1.62. The summed E-state index contributed by atoms with van der Waals surface area (Å²) in [6.45, 7) is 0. The smallest absolute Gasteiger partial charge is 0.287 e. The van der Waals surface area contributed by atoms with Crippen LogP contribution in [0.25, 0.3) is 0 Å². The molecule has 2 N–H and O–H groups in total. The summed E-state index contributed by atoms with van der Waals surface area (Å²) in [6.07, 6.45) is -0.466. The molecule has 0 radical (unpaired) electrons. The number of carbonyl (C=O) groups is 1. The molecule has 2 rings (SSSR count). The Hall–Kier alpha value is -1.59. The predicted molar refractivity (Wildman–Crippen MR) is 57.4 cm³/mol. The molecule has 1 aromatic rings. The number of rotatable bonds is 2. The van der Waals surface area contributed by atoms with E-state index >= 15 is 0 Å². The molecule has 1 atom stereocenters. The van der Waals surface area contributed by atoms with E-state index in [4.69, 9.17) is 21.6 Å². The number of hydroxylamine groups is 1. The summed E-state index contributed by atoms with van der Waals surface area (Å²) in [7, 11) is 0. The summed E-state index contributed by atoms with van der Waals surface area (Å²) in [6, 6.07) is 7.11. The Kier molecular flexibility index (Phi) is 3.07. The highest BCUT2D eigenvalue weighted by atomic mass is 35.5. The fraction of sp³-hybridized carbons (Fsp3) is 0.200. The van der Waals surface area contributed by atoms with Gasteiger partial charge >= 0.3 is 0 Å². The first-order valence-electron chi connectivity index (χ1n) is 4.63. The highest BCUT2D eigenvalue weighted by Gasteiger charge is 2.28. The van der Waals surface area contributed by atoms with Crippen LogP contribution in [-0.4, -0.2) is 22.9 Å². The second-order valence-electron chi connectivity index (χ2n) is 3.32. The monoisotopic (exact) mass is 240 g/mol. The van der Waals surface area contributed by atoms with Gasteiger partial charge in [-0.05, 0) is 12.1 Å². The molecule has 1 heterocycles. The van der Waals surface area contributed by atoms with Crippen LogP contribution in [0.1, 0.15) is 12.0 Å². The quantitative estimate of drug-likeness (QED) is 0.605. The van der Waals surface area contributed by atoms with Crippen LogP contribution in [0.15, 0.2) is 29.4 Å². The van der Waals surface area contributed by atoms with Crippen molar-refractivity contribution in [2.45, 2.75) is 12.5 Å². The van der Waals surface area contributed by atoms with Crippen LogP contribution in [0.3, 0.4) is 0 Å². The number of hydrogen-bond donors (Lipinski definition) is 2. The molecule has 0 aromatic heterocycles. The molecule has 5 nitrogen and oxygen atoms in total. The Morgan fingerprint density at radius 2 is 2.44 bits per heavy atom. The van der Waals surface area contributed by atoms with Crippen molar-refractivity contribution in [1.82, 2.24) is 5.48 Å². The number of hydrogen-bond acceptors (Lipinski definition) is 4. The van der Waals surface area contributed by atoms with Crippen molar-refractivity contribution in [3.63, 3.8) is 0 Å². The van der Waals surface area contributed by atoms with Crippen LogP contribution < -0.4 is 5.48 Å². The molecule has 16 heavy (non-hydrogen) atoms. The number of nitrogens with one attached hydrogen (secondary N) is 1. The third-order valence-electron chi connectivity index (χ3n) is 2.23. The summed E-state index contributed by atoms with van der Waals surface area (Å²) in [5, 5.41) is 12.8. The summed E-state index contributed by atoms with van der Waals surface area (Å²) < 4.78 is 0. The lowest BCUT2D eigenvalue weighted by Crippen LogP contribution is -2.32. The molecule has 0 bridgehead atoms. The first kappa shape index (κ1) is 10.9. The van der Waals surface area contributed by atoms with Crippen LogP contribution in [0.2, 0.25) is 5.02 Å². The van der Waals surface area contributed by atoms with E-state index in [1.807, 2.05) is 6.07 Å². The van der Waals surface area contributed by atoms with E-state index < -0.39 is 12.0 Å². The molecule has 1 aromatic carbocycles. The second kappa shape index (κ2) is 4.51. The molecule has 6 heteroatoms. The van der Waals surface area contributed by atoms with Gasteiger partial charge in [0.25, 0.3) is 5.91 Å². The largest absolute Gasteiger partial charge is 0.382 e. The maximum absolute atomic E-state index is 11.1. The number of amides is 1. The molecule has 1 unspecified atom stereocenters. The normalized spacial score (nSPS) is 18.9. The molecule has 0 saturated heterocycles. The van der Waals surface area contributed by atoms with Crippen LogP contribution in [0.4, 0.5) is 0 Å². The summed E-state index contributed by atoms with van der Waals surface area (Å²) in [5.74, 6) is -0.610. The zero-order valence-corrected chi connectivity index (χ0v) is 8.94. The van der Waals surface area contributed by atoms with Crippen molar-refractivity contribution in [3.8, 4) is 0 Å². The van der Waals surface area contributed by atoms with E-state index in [0.717, 1.165) is 5.56 Å². The van der Waals surface area contributed by atoms with Crippen molar-refractivity contribution < 1.29 is 14.8 Å². The van der Waals surface area contributed by atoms with Gasteiger partial charge in [-0.3, -0.25) is 10.0 Å². The van der Waals surface area contributed by atoms with E-state index in [1.54, 1.807) is 18.2 Å². The van der Waals surface area contributed by atoms with E-state index in [0.29, 0.717) is 17.2 Å². The average molecular weight is 241 g/mol. The van der Waals surface area contributed by atoms with Gasteiger partial charge in [0, 0.05) is 17.0 Å². The van der Waals surface area contributed by atoms with Gasteiger partial charge in [0.1, 0.15) is 0 Å². The molecule has 0 spiro atoms. The summed E-state index contributed by atoms with van der Waals surface area (Å²) in [5.41, 5.74) is 2.97. The highest BCUT2D eigenvalue weighted by molar-refractivity contribution is 6.31. The first-order chi connectivity index (χ1) is 7.70. The van der Waals surface area contributed by atoms with Crippen LogP contribution in [0, 0.1) is 0 Å². The molecular weight excluding hydrogens is 232 g/mol. The zero-order chi connectivity index (χ0) is 11.5. The molecule has 1 aliphatic heterocycles. The van der Waals surface area contributed by atoms with Crippen molar-refractivity contribution in [2.75, 3.05) is 0 Å². The lowest BCUT2D eigenvalue weighted by Gasteiger charge is -2.04.